The van der Waals surface area contributed by atoms with Crippen LogP contribution in [0.3, 0.4) is 0 Å². The van der Waals surface area contributed by atoms with Crippen molar-refractivity contribution in [2.45, 2.75) is 100 Å². The SMILES string of the molecule is Cc1cc(C)cc(-c2c3[nH]ccc3cn2O[C@]2(CO)[C@@H](Oc3ccc4c(=O)c(-c5ccc(O)cc5)coc4c3)O[C@@H]([C@@](O)(CO)OC(=O)[C@H](C(=O)O)[C@@](O)(CCO)NC3CCCCC3)[C@H](O)[C@H]2O)c1. The summed E-state index contributed by atoms with van der Waals surface area (Å²) in [6, 6.07) is 16.8. The lowest BCUT2D eigenvalue weighted by molar-refractivity contribution is -0.384. The normalized spacial score (nSPS) is 23.3. The average Bonchev–Trinajstić information content (AvgIpc) is 3.90. The molecule has 20 nitrogen and oxygen atoms in total. The molecule has 0 radical (unpaired) electrons. The number of ether oxygens (including phenoxy) is 3. The molecule has 1 saturated heterocycles. The van der Waals surface area contributed by atoms with Gasteiger partial charge in [-0.3, -0.25) is 19.7 Å². The second kappa shape index (κ2) is 19.6. The molecule has 8 rings (SSSR count). The summed E-state index contributed by atoms with van der Waals surface area (Å²) < 4.78 is 24.8. The van der Waals surface area contributed by atoms with Gasteiger partial charge in [0.25, 0.3) is 5.79 Å². The third-order valence-electron chi connectivity index (χ3n) is 12.9. The molecule has 20 heteroatoms. The summed E-state index contributed by atoms with van der Waals surface area (Å²) in [5, 5.41) is 104. The van der Waals surface area contributed by atoms with Crippen LogP contribution in [0.25, 0.3) is 44.3 Å². The Morgan fingerprint density at radius 3 is 2.32 bits per heavy atom. The van der Waals surface area contributed by atoms with Crippen LogP contribution in [0.1, 0.15) is 49.7 Å². The number of aliphatic hydroxyl groups is 7. The molecule has 3 aromatic carbocycles. The Kier molecular flexibility index (Phi) is 13.9. The fourth-order valence-corrected chi connectivity index (χ4v) is 9.48. The minimum atomic E-state index is -3.42. The van der Waals surface area contributed by atoms with Crippen molar-refractivity contribution >= 4 is 33.8 Å². The third kappa shape index (κ3) is 9.42. The van der Waals surface area contributed by atoms with Crippen LogP contribution in [-0.2, 0) is 19.1 Å². The molecule has 1 saturated carbocycles. The number of esters is 1. The molecule has 2 aliphatic rings. The van der Waals surface area contributed by atoms with E-state index in [9.17, 15) is 60.3 Å². The summed E-state index contributed by atoms with van der Waals surface area (Å²) in [6.45, 7) is 0.199. The highest BCUT2D eigenvalue weighted by Gasteiger charge is 2.65. The Morgan fingerprint density at radius 2 is 1.67 bits per heavy atom. The third-order valence-corrected chi connectivity index (χ3v) is 12.9. The number of H-pyrrole nitrogens is 1. The molecule has 0 unspecified atom stereocenters. The van der Waals surface area contributed by atoms with Gasteiger partial charge in [0.1, 0.15) is 53.6 Å². The standard InChI is InChI=1S/C49H55N3O17/c1-26-18-27(2)20-30(19-26)39-38-29(14-16-50-38)22-52(39)69-47(24-54)42(59)41(58)43(49(64,25-55)68-45(62)37(44(60)61)48(63,15-17-53)51-31-6-4-3-5-7-31)67-46(47)66-33-12-13-34-36(21-33)65-23-35(40(34)57)28-8-10-32(56)11-9-28/h8-14,16,18-23,31,37,41-43,46,50-51,53-56,58-59,63-64H,3-7,15,17,24-25H2,1-2H3,(H,60,61)/t37-,41+,42+,43+,46-,47-,48-,49+/m0/s1. The van der Waals surface area contributed by atoms with Gasteiger partial charge in [-0.1, -0.05) is 48.6 Å². The lowest BCUT2D eigenvalue weighted by atomic mass is 9.84. The van der Waals surface area contributed by atoms with E-state index in [1.165, 1.54) is 59.7 Å². The average molecular weight is 958 g/mol. The van der Waals surface area contributed by atoms with Gasteiger partial charge in [-0.25, -0.2) is 0 Å². The summed E-state index contributed by atoms with van der Waals surface area (Å²) in [6.07, 6.45) is -2.27. The van der Waals surface area contributed by atoms with E-state index < -0.39 is 97.3 Å². The van der Waals surface area contributed by atoms with Crippen LogP contribution in [0.2, 0.25) is 0 Å². The summed E-state index contributed by atoms with van der Waals surface area (Å²) in [5.74, 6) is -9.89. The summed E-state index contributed by atoms with van der Waals surface area (Å²) >= 11 is 0. The number of carboxylic acids is 1. The van der Waals surface area contributed by atoms with Crippen molar-refractivity contribution in [3.05, 3.63) is 107 Å². The molecule has 368 valence electrons. The highest BCUT2D eigenvalue weighted by atomic mass is 16.8. The monoisotopic (exact) mass is 957 g/mol. The molecular weight excluding hydrogens is 903 g/mol. The maximum absolute atomic E-state index is 14.0. The minimum absolute atomic E-state index is 0.0123. The maximum atomic E-state index is 14.0. The second-order valence-corrected chi connectivity index (χ2v) is 17.9. The molecule has 0 amide bonds. The smallest absolute Gasteiger partial charge is 0.327 e. The quantitative estimate of drug-likeness (QED) is 0.0355. The van der Waals surface area contributed by atoms with E-state index in [1.807, 2.05) is 32.0 Å². The number of aryl methyl sites for hydroxylation is 2. The molecule has 6 aromatic rings. The van der Waals surface area contributed by atoms with Crippen LogP contribution >= 0.6 is 0 Å². The van der Waals surface area contributed by atoms with Crippen molar-refractivity contribution < 1.29 is 79.0 Å². The molecular formula is C49H55N3O17. The van der Waals surface area contributed by atoms with E-state index in [1.54, 1.807) is 12.3 Å². The number of hydrogen-bond donors (Lipinski definition) is 11. The highest BCUT2D eigenvalue weighted by molar-refractivity contribution is 5.96. The van der Waals surface area contributed by atoms with E-state index in [0.717, 1.165) is 30.4 Å². The van der Waals surface area contributed by atoms with E-state index in [4.69, 9.17) is 23.5 Å². The molecule has 0 bridgehead atoms. The number of fused-ring (bicyclic) bond motifs is 2. The number of nitrogens with zero attached hydrogens (tertiary/aromatic N) is 1. The summed E-state index contributed by atoms with van der Waals surface area (Å²) in [4.78, 5) is 50.2. The van der Waals surface area contributed by atoms with Crippen molar-refractivity contribution in [1.82, 2.24) is 15.0 Å². The molecule has 4 heterocycles. The van der Waals surface area contributed by atoms with Gasteiger partial charge < -0.3 is 74.4 Å². The molecule has 11 N–H and O–H groups in total. The number of aromatic amines is 1. The van der Waals surface area contributed by atoms with Crippen LogP contribution in [0.15, 0.2) is 94.6 Å². The van der Waals surface area contributed by atoms with Crippen LogP contribution in [0.5, 0.6) is 11.5 Å². The van der Waals surface area contributed by atoms with Crippen molar-refractivity contribution in [3.63, 3.8) is 0 Å². The van der Waals surface area contributed by atoms with Crippen molar-refractivity contribution in [2.75, 3.05) is 19.8 Å². The highest BCUT2D eigenvalue weighted by Crippen LogP contribution is 2.41. The predicted octanol–water partition coefficient (Wildman–Crippen LogP) is 2.34. The van der Waals surface area contributed by atoms with Crippen molar-refractivity contribution in [1.29, 1.82) is 0 Å². The number of aliphatic hydroxyl groups excluding tert-OH is 5. The number of hydrogen-bond acceptors (Lipinski definition) is 17. The zero-order valence-electron chi connectivity index (χ0n) is 37.6. The van der Waals surface area contributed by atoms with Gasteiger partial charge in [0.2, 0.25) is 11.9 Å². The van der Waals surface area contributed by atoms with Crippen molar-refractivity contribution in [3.8, 4) is 33.9 Å². The Balaban J connectivity index is 1.19. The van der Waals surface area contributed by atoms with E-state index in [0.29, 0.717) is 40.6 Å². The van der Waals surface area contributed by atoms with Gasteiger partial charge in [-0.2, -0.15) is 4.73 Å². The molecule has 1 aliphatic carbocycles. The fourth-order valence-electron chi connectivity index (χ4n) is 9.48. The van der Waals surface area contributed by atoms with Gasteiger partial charge in [-0.15, -0.1) is 0 Å². The fraction of sp³-hybridized carbons (Fsp3) is 0.408. The zero-order valence-corrected chi connectivity index (χ0v) is 37.6. The first-order valence-electron chi connectivity index (χ1n) is 22.4. The van der Waals surface area contributed by atoms with E-state index in [2.05, 4.69) is 10.3 Å². The van der Waals surface area contributed by atoms with Gasteiger partial charge in [0, 0.05) is 42.3 Å². The number of nitrogens with one attached hydrogen (secondary N) is 2. The number of carbonyl (C=O) groups excluding carboxylic acids is 1. The van der Waals surface area contributed by atoms with Crippen LogP contribution in [-0.4, -0.2) is 135 Å². The van der Waals surface area contributed by atoms with Gasteiger partial charge in [0.15, 0.2) is 17.5 Å². The van der Waals surface area contributed by atoms with Crippen LogP contribution < -0.4 is 20.3 Å². The number of phenolic OH excluding ortho intramolecular Hbond substituents is 1. The van der Waals surface area contributed by atoms with Gasteiger partial charge in [-0.05, 0) is 74.7 Å². The van der Waals surface area contributed by atoms with Gasteiger partial charge in [0.05, 0.1) is 29.3 Å². The maximum Gasteiger partial charge on any atom is 0.327 e. The van der Waals surface area contributed by atoms with Crippen molar-refractivity contribution in [2.24, 2.45) is 5.92 Å². The van der Waals surface area contributed by atoms with E-state index >= 15 is 0 Å². The number of benzene rings is 3. The molecule has 3 aromatic heterocycles. The number of rotatable bonds is 17. The Labute approximate surface area is 393 Å². The Bertz CT molecular complexity index is 2850. The molecule has 0 spiro atoms. The largest absolute Gasteiger partial charge is 0.508 e. The molecule has 1 aliphatic heterocycles. The molecule has 2 fully saturated rings. The first kappa shape index (κ1) is 49.1. The second-order valence-electron chi connectivity index (χ2n) is 17.9. The molecule has 8 atom stereocenters. The lowest BCUT2D eigenvalue weighted by Crippen LogP contribution is -2.76. The summed E-state index contributed by atoms with van der Waals surface area (Å²) in [5.41, 5.74) is -1.71. The Hall–Kier alpha value is -6.33. The Morgan fingerprint density at radius 1 is 0.957 bits per heavy atom. The first-order valence-corrected chi connectivity index (χ1v) is 22.4. The number of carboxylic acid groups (broad SMARTS) is 1. The number of carbonyl (C=O) groups is 2. The lowest BCUT2D eigenvalue weighted by Gasteiger charge is -2.51. The van der Waals surface area contributed by atoms with E-state index in [-0.39, 0.29) is 28.0 Å². The van der Waals surface area contributed by atoms with Crippen LogP contribution in [0.4, 0.5) is 0 Å². The number of aromatic nitrogens is 2. The van der Waals surface area contributed by atoms with Gasteiger partial charge >= 0.3 is 11.9 Å². The predicted molar refractivity (Wildman–Crippen MR) is 244 cm³/mol. The first-order chi connectivity index (χ1) is 32.9. The topological polar surface area (TPSA) is 316 Å². The zero-order chi connectivity index (χ0) is 49.4. The summed E-state index contributed by atoms with van der Waals surface area (Å²) in [7, 11) is 0. The molecule has 69 heavy (non-hydrogen) atoms. The van der Waals surface area contributed by atoms with Crippen LogP contribution in [0, 0.1) is 19.8 Å². The number of aromatic hydroxyl groups is 1. The number of aliphatic carboxylic acids is 1. The minimum Gasteiger partial charge on any atom is -0.508 e. The number of phenols is 1.